The van der Waals surface area contributed by atoms with E-state index in [1.165, 1.54) is 12.1 Å². The maximum Gasteiger partial charge on any atom is 0.335 e. The summed E-state index contributed by atoms with van der Waals surface area (Å²) in [5.74, 6) is -1.25. The fourth-order valence-corrected chi connectivity index (χ4v) is 2.81. The van der Waals surface area contributed by atoms with Gasteiger partial charge in [-0.15, -0.1) is 0 Å². The lowest BCUT2D eigenvalue weighted by atomic mass is 10.1. The van der Waals surface area contributed by atoms with Crippen molar-refractivity contribution >= 4 is 17.6 Å². The van der Waals surface area contributed by atoms with Crippen molar-refractivity contribution < 1.29 is 24.2 Å². The van der Waals surface area contributed by atoms with E-state index in [9.17, 15) is 9.59 Å². The molecule has 6 heteroatoms. The lowest BCUT2D eigenvalue weighted by Gasteiger charge is -2.23. The molecule has 6 nitrogen and oxygen atoms in total. The minimum atomic E-state index is -1.00. The second kappa shape index (κ2) is 8.60. The predicted octanol–water partition coefficient (Wildman–Crippen LogP) is 3.33. The first-order chi connectivity index (χ1) is 12.6. The Morgan fingerprint density at radius 1 is 1.08 bits per heavy atom. The van der Waals surface area contributed by atoms with Gasteiger partial charge in [0.05, 0.1) is 18.3 Å². The van der Waals surface area contributed by atoms with Gasteiger partial charge in [0, 0.05) is 24.5 Å². The highest BCUT2D eigenvalue weighted by Crippen LogP contribution is 2.18. The van der Waals surface area contributed by atoms with Crippen LogP contribution in [0.25, 0.3) is 0 Å². The van der Waals surface area contributed by atoms with Gasteiger partial charge in [-0.3, -0.25) is 4.79 Å². The van der Waals surface area contributed by atoms with Crippen LogP contribution in [-0.4, -0.2) is 36.3 Å². The van der Waals surface area contributed by atoms with Crippen LogP contribution in [-0.2, 0) is 16.1 Å². The minimum absolute atomic E-state index is 0.156. The molecule has 136 valence electrons. The van der Waals surface area contributed by atoms with Crippen LogP contribution >= 0.6 is 0 Å². The average molecular weight is 355 g/mol. The van der Waals surface area contributed by atoms with E-state index in [4.69, 9.17) is 14.6 Å². The van der Waals surface area contributed by atoms with Crippen LogP contribution < -0.4 is 5.32 Å². The molecule has 0 saturated carbocycles. The highest BCUT2D eigenvalue weighted by molar-refractivity contribution is 6.05. The Kier molecular flexibility index (Phi) is 5.99. The van der Waals surface area contributed by atoms with E-state index in [-0.39, 0.29) is 17.6 Å². The highest BCUT2D eigenvalue weighted by atomic mass is 16.5. The summed E-state index contributed by atoms with van der Waals surface area (Å²) in [6, 6.07) is 13.4. The normalized spacial score (nSPS) is 14.8. The van der Waals surface area contributed by atoms with Crippen molar-refractivity contribution in [1.29, 1.82) is 0 Å². The third-order valence-electron chi connectivity index (χ3n) is 4.29. The predicted molar refractivity (Wildman–Crippen MR) is 96.4 cm³/mol. The van der Waals surface area contributed by atoms with Crippen molar-refractivity contribution in [2.45, 2.75) is 25.6 Å². The van der Waals surface area contributed by atoms with E-state index in [1.54, 1.807) is 24.3 Å². The molecule has 0 atom stereocenters. The number of amides is 1. The number of benzene rings is 2. The maximum atomic E-state index is 12.6. The number of rotatable bonds is 6. The fraction of sp³-hybridized carbons (Fsp3) is 0.300. The van der Waals surface area contributed by atoms with E-state index < -0.39 is 5.97 Å². The quantitative estimate of drug-likeness (QED) is 0.830. The summed E-state index contributed by atoms with van der Waals surface area (Å²) < 4.78 is 11.2. The molecule has 1 fully saturated rings. The number of carbonyl (C=O) groups excluding carboxylic acids is 1. The standard InChI is InChI=1S/C20H21NO5/c22-19(21-16-7-5-14(6-8-16)20(23)24)18-4-2-1-3-15(18)13-26-17-9-11-25-12-10-17/h1-8,17H,9-13H2,(H,21,22)(H,23,24). The summed E-state index contributed by atoms with van der Waals surface area (Å²) in [5, 5.41) is 11.7. The topological polar surface area (TPSA) is 84.9 Å². The van der Waals surface area contributed by atoms with Crippen molar-refractivity contribution in [3.05, 3.63) is 65.2 Å². The van der Waals surface area contributed by atoms with E-state index in [0.717, 1.165) is 18.4 Å². The molecular weight excluding hydrogens is 334 g/mol. The monoisotopic (exact) mass is 355 g/mol. The SMILES string of the molecule is O=C(O)c1ccc(NC(=O)c2ccccc2COC2CCOCC2)cc1. The Morgan fingerprint density at radius 3 is 2.46 bits per heavy atom. The summed E-state index contributed by atoms with van der Waals surface area (Å²) in [7, 11) is 0. The molecule has 2 N–H and O–H groups in total. The van der Waals surface area contributed by atoms with Crippen LogP contribution in [0.5, 0.6) is 0 Å². The Bertz CT molecular complexity index is 766. The molecule has 0 aromatic heterocycles. The van der Waals surface area contributed by atoms with Crippen molar-refractivity contribution in [3.63, 3.8) is 0 Å². The fourth-order valence-electron chi connectivity index (χ4n) is 2.81. The molecule has 0 aliphatic carbocycles. The Balaban J connectivity index is 1.65. The van der Waals surface area contributed by atoms with Crippen LogP contribution in [0.1, 0.15) is 39.1 Å². The lowest BCUT2D eigenvalue weighted by molar-refractivity contribution is -0.0391. The molecule has 0 bridgehead atoms. The van der Waals surface area contributed by atoms with Crippen molar-refractivity contribution in [2.24, 2.45) is 0 Å². The van der Waals surface area contributed by atoms with E-state index >= 15 is 0 Å². The van der Waals surface area contributed by atoms with E-state index in [1.807, 2.05) is 12.1 Å². The Hall–Kier alpha value is -2.70. The highest BCUT2D eigenvalue weighted by Gasteiger charge is 2.16. The first kappa shape index (κ1) is 18.1. The van der Waals surface area contributed by atoms with Gasteiger partial charge < -0.3 is 19.9 Å². The van der Waals surface area contributed by atoms with Crippen LogP contribution in [0.2, 0.25) is 0 Å². The van der Waals surface area contributed by atoms with Gasteiger partial charge in [0.15, 0.2) is 0 Å². The second-order valence-electron chi connectivity index (χ2n) is 6.12. The minimum Gasteiger partial charge on any atom is -0.478 e. The summed E-state index contributed by atoms with van der Waals surface area (Å²) in [6.45, 7) is 1.78. The molecular formula is C20H21NO5. The van der Waals surface area contributed by atoms with E-state index in [2.05, 4.69) is 5.32 Å². The largest absolute Gasteiger partial charge is 0.478 e. The van der Waals surface area contributed by atoms with Crippen LogP contribution in [0.4, 0.5) is 5.69 Å². The number of aromatic carboxylic acids is 1. The number of carboxylic acid groups (broad SMARTS) is 1. The van der Waals surface area contributed by atoms with Crippen LogP contribution in [0, 0.1) is 0 Å². The molecule has 0 spiro atoms. The molecule has 3 rings (SSSR count). The number of ether oxygens (including phenoxy) is 2. The smallest absolute Gasteiger partial charge is 0.335 e. The summed E-state index contributed by atoms with van der Waals surface area (Å²) >= 11 is 0. The molecule has 1 aliphatic heterocycles. The molecule has 1 aliphatic rings. The third-order valence-corrected chi connectivity index (χ3v) is 4.29. The van der Waals surface area contributed by atoms with Gasteiger partial charge in [-0.25, -0.2) is 4.79 Å². The van der Waals surface area contributed by atoms with Gasteiger partial charge in [-0.1, -0.05) is 18.2 Å². The molecule has 2 aromatic rings. The van der Waals surface area contributed by atoms with Gasteiger partial charge in [0.1, 0.15) is 0 Å². The molecule has 2 aromatic carbocycles. The molecule has 1 heterocycles. The number of carboxylic acids is 1. The zero-order valence-corrected chi connectivity index (χ0v) is 14.3. The molecule has 0 unspecified atom stereocenters. The molecule has 1 saturated heterocycles. The third kappa shape index (κ3) is 4.68. The second-order valence-corrected chi connectivity index (χ2v) is 6.12. The van der Waals surface area contributed by atoms with Gasteiger partial charge in [0.25, 0.3) is 5.91 Å². The van der Waals surface area contributed by atoms with E-state index in [0.29, 0.717) is 31.1 Å². The lowest BCUT2D eigenvalue weighted by Crippen LogP contribution is -2.24. The number of anilines is 1. The van der Waals surface area contributed by atoms with Gasteiger partial charge in [0.2, 0.25) is 0 Å². The first-order valence-electron chi connectivity index (χ1n) is 8.55. The zero-order chi connectivity index (χ0) is 18.4. The van der Waals surface area contributed by atoms with Gasteiger partial charge in [-0.05, 0) is 48.7 Å². The van der Waals surface area contributed by atoms with Crippen molar-refractivity contribution in [1.82, 2.24) is 0 Å². The summed E-state index contributed by atoms with van der Waals surface area (Å²) in [6.07, 6.45) is 1.89. The molecule has 1 amide bonds. The van der Waals surface area contributed by atoms with Crippen LogP contribution in [0.15, 0.2) is 48.5 Å². The van der Waals surface area contributed by atoms with Gasteiger partial charge in [-0.2, -0.15) is 0 Å². The number of nitrogens with one attached hydrogen (secondary N) is 1. The number of hydrogen-bond donors (Lipinski definition) is 2. The maximum absolute atomic E-state index is 12.6. The first-order valence-corrected chi connectivity index (χ1v) is 8.55. The van der Waals surface area contributed by atoms with Crippen molar-refractivity contribution in [3.8, 4) is 0 Å². The molecule has 26 heavy (non-hydrogen) atoms. The summed E-state index contributed by atoms with van der Waals surface area (Å²) in [5.41, 5.74) is 2.08. The number of hydrogen-bond acceptors (Lipinski definition) is 4. The van der Waals surface area contributed by atoms with Crippen LogP contribution in [0.3, 0.4) is 0 Å². The summed E-state index contributed by atoms with van der Waals surface area (Å²) in [4.78, 5) is 23.5. The Labute approximate surface area is 151 Å². The van der Waals surface area contributed by atoms with Gasteiger partial charge >= 0.3 is 5.97 Å². The van der Waals surface area contributed by atoms with Crippen molar-refractivity contribution in [2.75, 3.05) is 18.5 Å². The Morgan fingerprint density at radius 2 is 1.77 bits per heavy atom. The number of carbonyl (C=O) groups is 2. The average Bonchev–Trinajstić information content (AvgIpc) is 2.68. The molecule has 0 radical (unpaired) electrons. The zero-order valence-electron chi connectivity index (χ0n) is 14.3.